The third-order valence-electron chi connectivity index (χ3n) is 7.04. The highest BCUT2D eigenvalue weighted by molar-refractivity contribution is 6.23. The SMILES string of the molecule is CCCCCCCCCCCC1=C(O)C(=O)C2=C(O[C@H]3c4ccccc4C[C@H]3C2)C1=O. The summed E-state index contributed by atoms with van der Waals surface area (Å²) >= 11 is 0. The predicted octanol–water partition coefficient (Wildman–Crippen LogP) is 6.46. The maximum atomic E-state index is 13.1. The van der Waals surface area contributed by atoms with Gasteiger partial charge in [0.2, 0.25) is 11.6 Å². The number of benzene rings is 1. The lowest BCUT2D eigenvalue weighted by Crippen LogP contribution is -2.32. The summed E-state index contributed by atoms with van der Waals surface area (Å²) in [5.74, 6) is -0.698. The van der Waals surface area contributed by atoms with Crippen LogP contribution in [0.3, 0.4) is 0 Å². The quantitative estimate of drug-likeness (QED) is 0.347. The molecule has 1 aromatic rings. The average Bonchev–Trinajstić information content (AvgIpc) is 3.15. The van der Waals surface area contributed by atoms with Crippen LogP contribution >= 0.6 is 0 Å². The molecule has 0 radical (unpaired) electrons. The summed E-state index contributed by atoms with van der Waals surface area (Å²) in [6.07, 6.45) is 12.2. The van der Waals surface area contributed by atoms with E-state index < -0.39 is 5.78 Å². The van der Waals surface area contributed by atoms with Crippen molar-refractivity contribution in [3.05, 3.63) is 58.1 Å². The molecule has 4 nitrogen and oxygen atoms in total. The Kier molecular flexibility index (Phi) is 6.94. The number of carbonyl (C=O) groups excluding carboxylic acids is 2. The fraction of sp³-hybridized carbons (Fsp3) is 0.556. The molecule has 0 bridgehead atoms. The van der Waals surface area contributed by atoms with Crippen LogP contribution in [0, 0.1) is 5.92 Å². The zero-order valence-electron chi connectivity index (χ0n) is 18.6. The van der Waals surface area contributed by atoms with Gasteiger partial charge in [-0.1, -0.05) is 82.6 Å². The summed E-state index contributed by atoms with van der Waals surface area (Å²) in [6.45, 7) is 2.23. The molecule has 3 aliphatic rings. The monoisotopic (exact) mass is 422 g/mol. The molecule has 1 heterocycles. The number of aliphatic hydroxyl groups excluding tert-OH is 1. The first-order valence-corrected chi connectivity index (χ1v) is 12.1. The highest BCUT2D eigenvalue weighted by Crippen LogP contribution is 2.48. The van der Waals surface area contributed by atoms with Gasteiger partial charge < -0.3 is 9.84 Å². The van der Waals surface area contributed by atoms with E-state index in [9.17, 15) is 14.7 Å². The second kappa shape index (κ2) is 9.84. The molecule has 0 saturated heterocycles. The van der Waals surface area contributed by atoms with Gasteiger partial charge in [0, 0.05) is 17.1 Å². The summed E-state index contributed by atoms with van der Waals surface area (Å²) in [6, 6.07) is 8.14. The van der Waals surface area contributed by atoms with Gasteiger partial charge in [-0.05, 0) is 36.8 Å². The summed E-state index contributed by atoms with van der Waals surface area (Å²) < 4.78 is 6.16. The predicted molar refractivity (Wildman–Crippen MR) is 121 cm³/mol. The fourth-order valence-electron chi connectivity index (χ4n) is 5.29. The van der Waals surface area contributed by atoms with Gasteiger partial charge in [0.05, 0.1) is 0 Å². The van der Waals surface area contributed by atoms with E-state index in [1.54, 1.807) is 0 Å². The van der Waals surface area contributed by atoms with Crippen LogP contribution in [0.15, 0.2) is 46.9 Å². The van der Waals surface area contributed by atoms with Crippen LogP contribution in [0.5, 0.6) is 0 Å². The number of hydrogen-bond acceptors (Lipinski definition) is 4. The number of rotatable bonds is 10. The van der Waals surface area contributed by atoms with E-state index >= 15 is 0 Å². The summed E-state index contributed by atoms with van der Waals surface area (Å²) in [5.41, 5.74) is 2.96. The Balaban J connectivity index is 1.33. The maximum Gasteiger partial charge on any atom is 0.227 e. The smallest absolute Gasteiger partial charge is 0.227 e. The Morgan fingerprint density at radius 3 is 2.32 bits per heavy atom. The number of fused-ring (bicyclic) bond motifs is 3. The number of ether oxygens (including phenoxy) is 1. The van der Waals surface area contributed by atoms with Crippen LogP contribution in [0.25, 0.3) is 0 Å². The lowest BCUT2D eigenvalue weighted by Gasteiger charge is -2.32. The van der Waals surface area contributed by atoms with E-state index in [-0.39, 0.29) is 34.9 Å². The van der Waals surface area contributed by atoms with Crippen molar-refractivity contribution in [2.24, 2.45) is 5.92 Å². The van der Waals surface area contributed by atoms with Crippen molar-refractivity contribution < 1.29 is 19.4 Å². The molecule has 2 aliphatic carbocycles. The van der Waals surface area contributed by atoms with Crippen LogP contribution in [0.2, 0.25) is 0 Å². The largest absolute Gasteiger partial charge is 0.504 e. The molecule has 1 aromatic carbocycles. The second-order valence-corrected chi connectivity index (χ2v) is 9.28. The first-order valence-electron chi connectivity index (χ1n) is 12.1. The summed E-state index contributed by atoms with van der Waals surface area (Å²) in [5, 5.41) is 10.5. The number of unbranched alkanes of at least 4 members (excludes halogenated alkanes) is 8. The molecule has 0 unspecified atom stereocenters. The van der Waals surface area contributed by atoms with Crippen LogP contribution in [-0.2, 0) is 20.7 Å². The van der Waals surface area contributed by atoms with Crippen molar-refractivity contribution in [3.8, 4) is 0 Å². The Morgan fingerprint density at radius 2 is 1.58 bits per heavy atom. The Hall–Kier alpha value is -2.36. The Bertz CT molecular complexity index is 908. The van der Waals surface area contributed by atoms with Crippen molar-refractivity contribution in [2.75, 3.05) is 0 Å². The number of hydrogen-bond donors (Lipinski definition) is 1. The molecule has 166 valence electrons. The van der Waals surface area contributed by atoms with E-state index in [0.717, 1.165) is 31.2 Å². The fourth-order valence-corrected chi connectivity index (χ4v) is 5.29. The average molecular weight is 423 g/mol. The van der Waals surface area contributed by atoms with Gasteiger partial charge >= 0.3 is 0 Å². The van der Waals surface area contributed by atoms with Gasteiger partial charge in [-0.3, -0.25) is 9.59 Å². The number of allylic oxidation sites excluding steroid dienone is 2. The number of Topliss-reactive ketones (excluding diaryl/α,β-unsaturated/α-hetero) is 2. The van der Waals surface area contributed by atoms with Crippen molar-refractivity contribution in [3.63, 3.8) is 0 Å². The van der Waals surface area contributed by atoms with Gasteiger partial charge in [-0.25, -0.2) is 0 Å². The first kappa shape index (κ1) is 21.9. The van der Waals surface area contributed by atoms with Crippen LogP contribution in [0.4, 0.5) is 0 Å². The highest BCUT2D eigenvalue weighted by atomic mass is 16.5. The minimum atomic E-state index is -0.407. The molecule has 4 heteroatoms. The number of ketones is 2. The molecule has 0 amide bonds. The standard InChI is InChI=1S/C27H34O4/c1-2-3-4-5-6-7-8-9-10-15-21-23(28)24(29)22-17-19-16-18-13-11-12-14-20(18)26(19)31-27(22)25(21)30/h11-14,19,26,28H,2-10,15-17H2,1H3/t19-,26+/m0/s1. The third-order valence-corrected chi connectivity index (χ3v) is 7.04. The minimum Gasteiger partial charge on any atom is -0.504 e. The first-order chi connectivity index (χ1) is 15.1. The van der Waals surface area contributed by atoms with Crippen molar-refractivity contribution >= 4 is 11.6 Å². The highest BCUT2D eigenvalue weighted by Gasteiger charge is 2.45. The van der Waals surface area contributed by atoms with Gasteiger partial charge in [0.25, 0.3) is 0 Å². The molecule has 0 aromatic heterocycles. The van der Waals surface area contributed by atoms with E-state index in [1.165, 1.54) is 44.1 Å². The molecule has 0 saturated carbocycles. The molecular formula is C27H34O4. The number of aliphatic hydroxyl groups is 1. The summed E-state index contributed by atoms with van der Waals surface area (Å²) in [7, 11) is 0. The van der Waals surface area contributed by atoms with Crippen LogP contribution < -0.4 is 0 Å². The minimum absolute atomic E-state index is 0.152. The number of carbonyl (C=O) groups is 2. The second-order valence-electron chi connectivity index (χ2n) is 9.28. The topological polar surface area (TPSA) is 63.6 Å². The zero-order valence-corrected chi connectivity index (χ0v) is 18.6. The van der Waals surface area contributed by atoms with Crippen molar-refractivity contribution in [1.82, 2.24) is 0 Å². The summed E-state index contributed by atoms with van der Waals surface area (Å²) in [4.78, 5) is 26.0. The van der Waals surface area contributed by atoms with Crippen LogP contribution in [0.1, 0.15) is 94.8 Å². The van der Waals surface area contributed by atoms with Gasteiger partial charge in [-0.2, -0.15) is 0 Å². The molecule has 0 fully saturated rings. The zero-order chi connectivity index (χ0) is 21.8. The van der Waals surface area contributed by atoms with E-state index in [1.807, 2.05) is 12.1 Å². The molecule has 31 heavy (non-hydrogen) atoms. The normalized spacial score (nSPS) is 22.4. The molecular weight excluding hydrogens is 388 g/mol. The molecule has 1 N–H and O–H groups in total. The Morgan fingerprint density at radius 1 is 0.903 bits per heavy atom. The molecule has 1 aliphatic heterocycles. The maximum absolute atomic E-state index is 13.1. The Labute approximate surface area is 185 Å². The molecule has 2 atom stereocenters. The lowest BCUT2D eigenvalue weighted by atomic mass is 9.82. The van der Waals surface area contributed by atoms with Gasteiger partial charge in [0.15, 0.2) is 11.5 Å². The third kappa shape index (κ3) is 4.49. The van der Waals surface area contributed by atoms with E-state index in [0.29, 0.717) is 18.4 Å². The van der Waals surface area contributed by atoms with Crippen LogP contribution in [-0.4, -0.2) is 16.7 Å². The van der Waals surface area contributed by atoms with Gasteiger partial charge in [0.1, 0.15) is 6.10 Å². The van der Waals surface area contributed by atoms with E-state index in [4.69, 9.17) is 4.74 Å². The lowest BCUT2D eigenvalue weighted by molar-refractivity contribution is -0.123. The molecule has 0 spiro atoms. The molecule has 4 rings (SSSR count). The van der Waals surface area contributed by atoms with Gasteiger partial charge in [-0.15, -0.1) is 0 Å². The van der Waals surface area contributed by atoms with Crippen molar-refractivity contribution in [2.45, 2.75) is 90.1 Å². The van der Waals surface area contributed by atoms with Crippen molar-refractivity contribution in [1.29, 1.82) is 0 Å². The van der Waals surface area contributed by atoms with E-state index in [2.05, 4.69) is 19.1 Å².